The van der Waals surface area contributed by atoms with Gasteiger partial charge in [-0.05, 0) is 24.3 Å². The van der Waals surface area contributed by atoms with Gasteiger partial charge in [-0.3, -0.25) is 4.79 Å². The summed E-state index contributed by atoms with van der Waals surface area (Å²) in [5, 5.41) is 14.2. The van der Waals surface area contributed by atoms with Crippen molar-refractivity contribution < 1.29 is 9.90 Å². The average Bonchev–Trinajstić information content (AvgIpc) is 3.10. The summed E-state index contributed by atoms with van der Waals surface area (Å²) in [6, 6.07) is 3.99. The normalized spacial score (nSPS) is 16.8. The number of thiophene rings is 1. The number of hydrogen-bond donors (Lipinski definition) is 1. The van der Waals surface area contributed by atoms with Gasteiger partial charge in [-0.1, -0.05) is 6.07 Å². The molecule has 19 heavy (non-hydrogen) atoms. The Bertz CT molecular complexity index is 557. The third kappa shape index (κ3) is 2.70. The zero-order valence-corrected chi connectivity index (χ0v) is 11.9. The first-order valence-corrected chi connectivity index (χ1v) is 7.97. The summed E-state index contributed by atoms with van der Waals surface area (Å²) in [4.78, 5) is 19.6. The van der Waals surface area contributed by atoms with Crippen LogP contribution in [0.3, 0.4) is 0 Å². The number of thiazole rings is 1. The molecule has 4 nitrogen and oxygen atoms in total. The molecule has 0 aliphatic carbocycles. The lowest BCUT2D eigenvalue weighted by Crippen LogP contribution is -2.40. The Hall–Kier alpha value is -1.24. The lowest BCUT2D eigenvalue weighted by Gasteiger charge is -2.28. The molecule has 1 amide bonds. The highest BCUT2D eigenvalue weighted by atomic mass is 32.1. The highest BCUT2D eigenvalue weighted by Gasteiger charge is 2.24. The maximum atomic E-state index is 12.3. The van der Waals surface area contributed by atoms with E-state index in [4.69, 9.17) is 0 Å². The molecule has 0 unspecified atom stereocenters. The van der Waals surface area contributed by atoms with Gasteiger partial charge in [0.15, 0.2) is 0 Å². The van der Waals surface area contributed by atoms with E-state index in [-0.39, 0.29) is 12.0 Å². The van der Waals surface area contributed by atoms with E-state index in [1.807, 2.05) is 22.9 Å². The van der Waals surface area contributed by atoms with Crippen LogP contribution in [0.5, 0.6) is 0 Å². The molecule has 3 heterocycles. The number of piperidine rings is 1. The van der Waals surface area contributed by atoms with Gasteiger partial charge in [0.1, 0.15) is 10.7 Å². The molecular weight excluding hydrogens is 280 g/mol. The topological polar surface area (TPSA) is 53.4 Å². The SMILES string of the molecule is O=C(c1csc(-c2cccs2)n1)N1CCC(O)CC1. The summed E-state index contributed by atoms with van der Waals surface area (Å²) >= 11 is 3.13. The monoisotopic (exact) mass is 294 g/mol. The number of carbonyl (C=O) groups is 1. The molecule has 1 N–H and O–H groups in total. The van der Waals surface area contributed by atoms with E-state index in [9.17, 15) is 9.90 Å². The average molecular weight is 294 g/mol. The Morgan fingerprint density at radius 1 is 1.37 bits per heavy atom. The molecule has 0 radical (unpaired) electrons. The Morgan fingerprint density at radius 2 is 2.16 bits per heavy atom. The number of carbonyl (C=O) groups excluding carboxylic acids is 1. The quantitative estimate of drug-likeness (QED) is 0.925. The maximum absolute atomic E-state index is 12.3. The van der Waals surface area contributed by atoms with Gasteiger partial charge < -0.3 is 10.0 Å². The predicted octanol–water partition coefficient (Wildman–Crippen LogP) is 2.47. The number of amides is 1. The van der Waals surface area contributed by atoms with Crippen LogP contribution in [0.4, 0.5) is 0 Å². The summed E-state index contributed by atoms with van der Waals surface area (Å²) in [5.41, 5.74) is 0.518. The van der Waals surface area contributed by atoms with Crippen LogP contribution in [-0.4, -0.2) is 40.1 Å². The van der Waals surface area contributed by atoms with Crippen LogP contribution in [0.15, 0.2) is 22.9 Å². The van der Waals surface area contributed by atoms with Gasteiger partial charge in [-0.15, -0.1) is 22.7 Å². The number of hydrogen-bond acceptors (Lipinski definition) is 5. The van der Waals surface area contributed by atoms with E-state index in [1.54, 1.807) is 16.2 Å². The van der Waals surface area contributed by atoms with Crippen LogP contribution < -0.4 is 0 Å². The van der Waals surface area contributed by atoms with Crippen molar-refractivity contribution in [2.45, 2.75) is 18.9 Å². The number of rotatable bonds is 2. The molecule has 3 rings (SSSR count). The molecule has 1 fully saturated rings. The van der Waals surface area contributed by atoms with Crippen molar-refractivity contribution in [1.29, 1.82) is 0 Å². The first kappa shape index (κ1) is 12.8. The van der Waals surface area contributed by atoms with E-state index in [0.29, 0.717) is 31.6 Å². The van der Waals surface area contributed by atoms with Gasteiger partial charge in [-0.25, -0.2) is 4.98 Å². The highest BCUT2D eigenvalue weighted by Crippen LogP contribution is 2.28. The van der Waals surface area contributed by atoms with Crippen LogP contribution in [0.2, 0.25) is 0 Å². The predicted molar refractivity (Wildman–Crippen MR) is 76.6 cm³/mol. The summed E-state index contributed by atoms with van der Waals surface area (Å²) < 4.78 is 0. The van der Waals surface area contributed by atoms with Crippen LogP contribution in [0.25, 0.3) is 9.88 Å². The van der Waals surface area contributed by atoms with Crippen LogP contribution in [-0.2, 0) is 0 Å². The molecule has 6 heteroatoms. The summed E-state index contributed by atoms with van der Waals surface area (Å²) in [6.07, 6.45) is 1.06. The van der Waals surface area contributed by atoms with Gasteiger partial charge >= 0.3 is 0 Å². The first-order chi connectivity index (χ1) is 9.24. The number of likely N-dealkylation sites (tertiary alicyclic amines) is 1. The second-order valence-electron chi connectivity index (χ2n) is 4.54. The fraction of sp³-hybridized carbons (Fsp3) is 0.385. The smallest absolute Gasteiger partial charge is 0.273 e. The minimum atomic E-state index is -0.263. The van der Waals surface area contributed by atoms with Crippen molar-refractivity contribution in [3.05, 3.63) is 28.6 Å². The molecule has 0 aromatic carbocycles. The fourth-order valence-electron chi connectivity index (χ4n) is 2.12. The third-order valence-electron chi connectivity index (χ3n) is 3.21. The van der Waals surface area contributed by atoms with Crippen LogP contribution in [0, 0.1) is 0 Å². The van der Waals surface area contributed by atoms with Crippen molar-refractivity contribution >= 4 is 28.6 Å². The molecule has 1 aliphatic heterocycles. The van der Waals surface area contributed by atoms with E-state index in [1.165, 1.54) is 11.3 Å². The second kappa shape index (κ2) is 5.40. The maximum Gasteiger partial charge on any atom is 0.273 e. The van der Waals surface area contributed by atoms with E-state index < -0.39 is 0 Å². The van der Waals surface area contributed by atoms with Gasteiger partial charge in [0, 0.05) is 18.5 Å². The standard InChI is InChI=1S/C13H14N2O2S2/c16-9-3-5-15(6-4-9)13(17)10-8-19-12(14-10)11-2-1-7-18-11/h1-2,7-9,16H,3-6H2. The highest BCUT2D eigenvalue weighted by molar-refractivity contribution is 7.20. The summed E-state index contributed by atoms with van der Waals surface area (Å²) in [5.74, 6) is -0.0223. The molecule has 2 aromatic rings. The van der Waals surface area contributed by atoms with Crippen molar-refractivity contribution in [3.8, 4) is 9.88 Å². The fourth-order valence-corrected chi connectivity index (χ4v) is 3.72. The Morgan fingerprint density at radius 3 is 2.84 bits per heavy atom. The molecule has 0 bridgehead atoms. The molecule has 1 aliphatic rings. The lowest BCUT2D eigenvalue weighted by molar-refractivity contribution is 0.0542. The molecular formula is C13H14N2O2S2. The van der Waals surface area contributed by atoms with E-state index in [0.717, 1.165) is 9.88 Å². The van der Waals surface area contributed by atoms with E-state index in [2.05, 4.69) is 4.98 Å². The first-order valence-electron chi connectivity index (χ1n) is 6.21. The largest absolute Gasteiger partial charge is 0.393 e. The summed E-state index contributed by atoms with van der Waals surface area (Å²) in [6.45, 7) is 1.23. The number of aliphatic hydroxyl groups excluding tert-OH is 1. The molecule has 2 aromatic heterocycles. The molecule has 100 valence electrons. The minimum Gasteiger partial charge on any atom is -0.393 e. The number of aromatic nitrogens is 1. The second-order valence-corrected chi connectivity index (χ2v) is 6.34. The molecule has 0 saturated carbocycles. The zero-order valence-electron chi connectivity index (χ0n) is 10.3. The number of aliphatic hydroxyl groups is 1. The van der Waals surface area contributed by atoms with Gasteiger partial charge in [0.25, 0.3) is 5.91 Å². The Balaban J connectivity index is 1.74. The molecule has 0 atom stereocenters. The summed E-state index contributed by atoms with van der Waals surface area (Å²) in [7, 11) is 0. The van der Waals surface area contributed by atoms with Crippen LogP contribution in [0.1, 0.15) is 23.3 Å². The van der Waals surface area contributed by atoms with E-state index >= 15 is 0 Å². The number of nitrogens with zero attached hydrogens (tertiary/aromatic N) is 2. The van der Waals surface area contributed by atoms with Crippen molar-refractivity contribution in [3.63, 3.8) is 0 Å². The van der Waals surface area contributed by atoms with Crippen molar-refractivity contribution in [2.24, 2.45) is 0 Å². The third-order valence-corrected chi connectivity index (χ3v) is 5.09. The molecule has 0 spiro atoms. The lowest BCUT2D eigenvalue weighted by atomic mass is 10.1. The minimum absolute atomic E-state index is 0.0223. The Labute approximate surface area is 119 Å². The van der Waals surface area contributed by atoms with Gasteiger partial charge in [-0.2, -0.15) is 0 Å². The Kier molecular flexibility index (Phi) is 3.63. The zero-order chi connectivity index (χ0) is 13.2. The van der Waals surface area contributed by atoms with Gasteiger partial charge in [0.05, 0.1) is 11.0 Å². The van der Waals surface area contributed by atoms with Crippen LogP contribution >= 0.6 is 22.7 Å². The van der Waals surface area contributed by atoms with Crippen molar-refractivity contribution in [1.82, 2.24) is 9.88 Å². The molecule has 1 saturated heterocycles. The van der Waals surface area contributed by atoms with Crippen molar-refractivity contribution in [2.75, 3.05) is 13.1 Å². The van der Waals surface area contributed by atoms with Gasteiger partial charge in [0.2, 0.25) is 0 Å².